The molecule has 0 fully saturated rings. The topological polar surface area (TPSA) is 110 Å². The van der Waals surface area contributed by atoms with E-state index in [1.165, 1.54) is 0 Å². The standard InChI is InChI=1S/C14H19NO5/c1-8(2)9-3-5-10(6-4-9)20-11(7-12(16)17)13(15)14(18)19/h3-6,8,11,13H,7,15H2,1-2H3,(H,16,17)(H,18,19). The Bertz CT molecular complexity index is 469. The Balaban J connectivity index is 2.83. The fourth-order valence-corrected chi connectivity index (χ4v) is 1.68. The zero-order valence-corrected chi connectivity index (χ0v) is 11.4. The van der Waals surface area contributed by atoms with E-state index < -0.39 is 30.5 Å². The fraction of sp³-hybridized carbons (Fsp3) is 0.429. The number of benzene rings is 1. The number of carbonyl (C=O) groups is 2. The Morgan fingerprint density at radius 1 is 1.20 bits per heavy atom. The molecule has 1 aromatic carbocycles. The predicted molar refractivity (Wildman–Crippen MR) is 72.8 cm³/mol. The third-order valence-corrected chi connectivity index (χ3v) is 2.90. The van der Waals surface area contributed by atoms with Crippen LogP contribution in [0, 0.1) is 0 Å². The second-order valence-electron chi connectivity index (χ2n) is 4.84. The van der Waals surface area contributed by atoms with E-state index in [0.29, 0.717) is 11.7 Å². The molecule has 2 atom stereocenters. The summed E-state index contributed by atoms with van der Waals surface area (Å²) < 4.78 is 5.40. The quantitative estimate of drug-likeness (QED) is 0.697. The Morgan fingerprint density at radius 2 is 1.75 bits per heavy atom. The van der Waals surface area contributed by atoms with E-state index in [1.54, 1.807) is 12.1 Å². The molecule has 0 bridgehead atoms. The molecule has 1 aromatic rings. The van der Waals surface area contributed by atoms with Gasteiger partial charge in [-0.2, -0.15) is 0 Å². The van der Waals surface area contributed by atoms with Gasteiger partial charge in [0, 0.05) is 0 Å². The summed E-state index contributed by atoms with van der Waals surface area (Å²) in [4.78, 5) is 21.6. The molecule has 0 heterocycles. The lowest BCUT2D eigenvalue weighted by Gasteiger charge is -2.21. The molecule has 1 rings (SSSR count). The highest BCUT2D eigenvalue weighted by Crippen LogP contribution is 2.20. The molecular weight excluding hydrogens is 262 g/mol. The van der Waals surface area contributed by atoms with E-state index in [-0.39, 0.29) is 0 Å². The molecule has 0 aromatic heterocycles. The van der Waals surface area contributed by atoms with Crippen molar-refractivity contribution in [2.45, 2.75) is 38.3 Å². The third kappa shape index (κ3) is 4.55. The number of hydrogen-bond acceptors (Lipinski definition) is 4. The van der Waals surface area contributed by atoms with E-state index in [9.17, 15) is 9.59 Å². The Kier molecular flexibility index (Phi) is 5.52. The van der Waals surface area contributed by atoms with Gasteiger partial charge in [0.25, 0.3) is 0 Å². The summed E-state index contributed by atoms with van der Waals surface area (Å²) in [6.45, 7) is 4.09. The van der Waals surface area contributed by atoms with Gasteiger partial charge >= 0.3 is 11.9 Å². The van der Waals surface area contributed by atoms with Gasteiger partial charge in [-0.1, -0.05) is 26.0 Å². The van der Waals surface area contributed by atoms with Crippen molar-refractivity contribution >= 4 is 11.9 Å². The minimum atomic E-state index is -1.39. The zero-order chi connectivity index (χ0) is 15.3. The van der Waals surface area contributed by atoms with Crippen LogP contribution in [0.25, 0.3) is 0 Å². The van der Waals surface area contributed by atoms with Crippen molar-refractivity contribution in [3.8, 4) is 5.75 Å². The smallest absolute Gasteiger partial charge is 0.324 e. The molecular formula is C14H19NO5. The summed E-state index contributed by atoms with van der Waals surface area (Å²) in [5.74, 6) is -1.70. The van der Waals surface area contributed by atoms with Crippen molar-refractivity contribution in [3.63, 3.8) is 0 Å². The summed E-state index contributed by atoms with van der Waals surface area (Å²) in [5, 5.41) is 17.6. The van der Waals surface area contributed by atoms with Gasteiger partial charge in [0.05, 0.1) is 6.42 Å². The molecule has 0 aliphatic heterocycles. The lowest BCUT2D eigenvalue weighted by Crippen LogP contribution is -2.46. The van der Waals surface area contributed by atoms with Crippen molar-refractivity contribution in [1.82, 2.24) is 0 Å². The number of hydrogen-bond donors (Lipinski definition) is 3. The van der Waals surface area contributed by atoms with Crippen LogP contribution in [0.2, 0.25) is 0 Å². The molecule has 110 valence electrons. The Morgan fingerprint density at radius 3 is 2.15 bits per heavy atom. The molecule has 0 spiro atoms. The van der Waals surface area contributed by atoms with Gasteiger partial charge in [0.15, 0.2) is 0 Å². The average molecular weight is 281 g/mol. The van der Waals surface area contributed by atoms with Crippen LogP contribution >= 0.6 is 0 Å². The van der Waals surface area contributed by atoms with E-state index in [2.05, 4.69) is 0 Å². The molecule has 0 saturated heterocycles. The van der Waals surface area contributed by atoms with Gasteiger partial charge in [-0.05, 0) is 23.6 Å². The summed E-state index contributed by atoms with van der Waals surface area (Å²) in [5.41, 5.74) is 6.55. The molecule has 2 unspecified atom stereocenters. The maximum Gasteiger partial charge on any atom is 0.324 e. The minimum Gasteiger partial charge on any atom is -0.488 e. The van der Waals surface area contributed by atoms with Crippen LogP contribution in [-0.2, 0) is 9.59 Å². The van der Waals surface area contributed by atoms with E-state index in [4.69, 9.17) is 20.7 Å². The first-order valence-electron chi connectivity index (χ1n) is 6.28. The van der Waals surface area contributed by atoms with Gasteiger partial charge in [-0.3, -0.25) is 9.59 Å². The lowest BCUT2D eigenvalue weighted by molar-refractivity contribution is -0.143. The largest absolute Gasteiger partial charge is 0.488 e. The second-order valence-corrected chi connectivity index (χ2v) is 4.84. The lowest BCUT2D eigenvalue weighted by atomic mass is 10.0. The summed E-state index contributed by atoms with van der Waals surface area (Å²) in [6, 6.07) is 5.67. The van der Waals surface area contributed by atoms with Crippen LogP contribution < -0.4 is 10.5 Å². The number of carboxylic acid groups (broad SMARTS) is 2. The first-order chi connectivity index (χ1) is 9.31. The SMILES string of the molecule is CC(C)c1ccc(OC(CC(=O)O)C(N)C(=O)O)cc1. The van der Waals surface area contributed by atoms with Crippen LogP contribution in [0.15, 0.2) is 24.3 Å². The highest BCUT2D eigenvalue weighted by molar-refractivity contribution is 5.76. The molecule has 6 heteroatoms. The number of rotatable bonds is 7. The summed E-state index contributed by atoms with van der Waals surface area (Å²) in [6.07, 6.45) is -1.59. The first-order valence-corrected chi connectivity index (χ1v) is 6.28. The Hall–Kier alpha value is -2.08. The van der Waals surface area contributed by atoms with Crippen molar-refractivity contribution < 1.29 is 24.5 Å². The highest BCUT2D eigenvalue weighted by Gasteiger charge is 2.28. The Labute approximate surface area is 117 Å². The number of ether oxygens (including phenoxy) is 1. The monoisotopic (exact) mass is 281 g/mol. The number of aliphatic carboxylic acids is 2. The number of carboxylic acids is 2. The highest BCUT2D eigenvalue weighted by atomic mass is 16.5. The molecule has 0 radical (unpaired) electrons. The molecule has 0 aliphatic carbocycles. The van der Waals surface area contributed by atoms with Crippen molar-refractivity contribution in [3.05, 3.63) is 29.8 Å². The normalized spacial score (nSPS) is 13.8. The fourth-order valence-electron chi connectivity index (χ4n) is 1.68. The molecule has 0 saturated carbocycles. The van der Waals surface area contributed by atoms with Crippen molar-refractivity contribution in [2.24, 2.45) is 5.73 Å². The van der Waals surface area contributed by atoms with Gasteiger partial charge in [0.1, 0.15) is 17.9 Å². The van der Waals surface area contributed by atoms with Crippen LogP contribution in [0.4, 0.5) is 0 Å². The minimum absolute atomic E-state index is 0.361. The van der Waals surface area contributed by atoms with Crippen LogP contribution in [-0.4, -0.2) is 34.3 Å². The molecule has 6 nitrogen and oxygen atoms in total. The third-order valence-electron chi connectivity index (χ3n) is 2.90. The van der Waals surface area contributed by atoms with E-state index in [1.807, 2.05) is 26.0 Å². The number of nitrogens with two attached hydrogens (primary N) is 1. The van der Waals surface area contributed by atoms with Crippen LogP contribution in [0.5, 0.6) is 5.75 Å². The molecule has 0 amide bonds. The van der Waals surface area contributed by atoms with Crippen LogP contribution in [0.3, 0.4) is 0 Å². The van der Waals surface area contributed by atoms with E-state index >= 15 is 0 Å². The van der Waals surface area contributed by atoms with E-state index in [0.717, 1.165) is 5.56 Å². The van der Waals surface area contributed by atoms with Crippen LogP contribution in [0.1, 0.15) is 31.7 Å². The zero-order valence-electron chi connectivity index (χ0n) is 11.4. The maximum absolute atomic E-state index is 10.9. The maximum atomic E-state index is 10.9. The van der Waals surface area contributed by atoms with Gasteiger partial charge in [-0.25, -0.2) is 0 Å². The molecule has 20 heavy (non-hydrogen) atoms. The summed E-state index contributed by atoms with van der Waals surface area (Å²) >= 11 is 0. The van der Waals surface area contributed by atoms with Gasteiger partial charge in [-0.15, -0.1) is 0 Å². The molecule has 4 N–H and O–H groups in total. The molecule has 0 aliphatic rings. The van der Waals surface area contributed by atoms with Crippen molar-refractivity contribution in [1.29, 1.82) is 0 Å². The van der Waals surface area contributed by atoms with Gasteiger partial charge in [0.2, 0.25) is 0 Å². The average Bonchev–Trinajstić information content (AvgIpc) is 2.37. The second kappa shape index (κ2) is 6.91. The summed E-state index contributed by atoms with van der Waals surface area (Å²) in [7, 11) is 0. The first kappa shape index (κ1) is 16.0. The van der Waals surface area contributed by atoms with Crippen molar-refractivity contribution in [2.75, 3.05) is 0 Å². The van der Waals surface area contributed by atoms with Gasteiger partial charge < -0.3 is 20.7 Å². The predicted octanol–water partition coefficient (Wildman–Crippen LogP) is 1.44.